The van der Waals surface area contributed by atoms with Gasteiger partial charge in [-0.2, -0.15) is 0 Å². The second-order valence-corrected chi connectivity index (χ2v) is 6.53. The Morgan fingerprint density at radius 1 is 1.04 bits per heavy atom. The van der Waals surface area contributed by atoms with Crippen LogP contribution in [-0.2, 0) is 14.2 Å². The molecule has 7 nitrogen and oxygen atoms in total. The Bertz CT molecular complexity index is 620. The number of nitrogens with one attached hydrogen (secondary N) is 1. The van der Waals surface area contributed by atoms with Gasteiger partial charge in [-0.05, 0) is 47.1 Å². The first-order valence-electron chi connectivity index (χ1n) is 7.66. The fraction of sp³-hybridized carbons (Fsp3) is 0.562. The minimum atomic E-state index is -0.707. The third-order valence-electron chi connectivity index (χ3n) is 2.71. The number of amides is 1. The van der Waals surface area contributed by atoms with Crippen LogP contribution in [0.4, 0.5) is 9.80 Å². The van der Waals surface area contributed by atoms with Gasteiger partial charge in [-0.1, -0.05) is 0 Å². The van der Waals surface area contributed by atoms with Crippen LogP contribution in [0.5, 0.6) is 0 Å². The summed E-state index contributed by atoms with van der Waals surface area (Å²) in [4.78, 5) is 36.4. The van der Waals surface area contributed by atoms with Crippen LogP contribution in [0.3, 0.4) is 0 Å². The molecule has 0 atom stereocenters. The highest BCUT2D eigenvalue weighted by Gasteiger charge is 2.28. The Morgan fingerprint density at radius 3 is 2.08 bits per heavy atom. The molecule has 0 bridgehead atoms. The molecular weight excluding hydrogens is 334 g/mol. The van der Waals surface area contributed by atoms with Gasteiger partial charge in [0.25, 0.3) is 0 Å². The van der Waals surface area contributed by atoms with Crippen molar-refractivity contribution in [2.45, 2.75) is 53.8 Å². The lowest BCUT2D eigenvalue weighted by molar-refractivity contribution is 0.0378. The van der Waals surface area contributed by atoms with Crippen LogP contribution < -0.4 is 5.32 Å². The molecule has 0 spiro atoms. The first-order valence-corrected chi connectivity index (χ1v) is 8.48. The Hall–Kier alpha value is -2.09. The normalized spacial score (nSPS) is 10.7. The van der Waals surface area contributed by atoms with Crippen molar-refractivity contribution in [3.63, 3.8) is 0 Å². The maximum absolute atomic E-state index is 12.3. The van der Waals surface area contributed by atoms with Crippen molar-refractivity contribution in [2.75, 3.05) is 11.9 Å². The van der Waals surface area contributed by atoms with Gasteiger partial charge in [-0.3, -0.25) is 5.32 Å². The summed E-state index contributed by atoms with van der Waals surface area (Å²) in [5.74, 6) is -1.17. The summed E-state index contributed by atoms with van der Waals surface area (Å²) >= 11 is 0.958. The van der Waals surface area contributed by atoms with Gasteiger partial charge in [0.05, 0.1) is 24.4 Å². The highest BCUT2D eigenvalue weighted by atomic mass is 32.1. The molecule has 0 aromatic carbocycles. The number of anilines is 1. The van der Waals surface area contributed by atoms with E-state index in [1.807, 2.05) is 0 Å². The van der Waals surface area contributed by atoms with Crippen LogP contribution in [0.1, 0.15) is 60.2 Å². The zero-order chi connectivity index (χ0) is 18.4. The van der Waals surface area contributed by atoms with Gasteiger partial charge in [0, 0.05) is 0 Å². The van der Waals surface area contributed by atoms with Crippen LogP contribution in [0, 0.1) is 6.92 Å². The number of esters is 2. The smallest absolute Gasteiger partial charge is 0.412 e. The molecule has 0 aliphatic heterocycles. The van der Waals surface area contributed by atoms with Crippen molar-refractivity contribution in [3.05, 3.63) is 16.0 Å². The molecule has 0 saturated carbocycles. The molecule has 1 amide bonds. The number of hydrogen-bond acceptors (Lipinski definition) is 7. The fourth-order valence-corrected chi connectivity index (χ4v) is 2.91. The van der Waals surface area contributed by atoms with Gasteiger partial charge < -0.3 is 14.2 Å². The average molecular weight is 357 g/mol. The molecule has 0 radical (unpaired) electrons. The molecule has 1 rings (SSSR count). The highest BCUT2D eigenvalue weighted by Crippen LogP contribution is 2.34. The molecule has 0 aliphatic carbocycles. The van der Waals surface area contributed by atoms with Crippen LogP contribution in [0.15, 0.2) is 0 Å². The minimum absolute atomic E-state index is 0.137. The second kappa shape index (κ2) is 8.68. The molecule has 1 aromatic heterocycles. The molecule has 1 aromatic rings. The fourth-order valence-electron chi connectivity index (χ4n) is 1.84. The standard InChI is InChI=1S/C16H23NO6S/c1-7-21-16(20)17-13-11(14(18)22-8(2)3)10(6)12(24-13)15(19)23-9(4)5/h8-9H,7H2,1-6H3,(H,17,20). The van der Waals surface area contributed by atoms with Crippen LogP contribution in [0.2, 0.25) is 0 Å². The molecule has 8 heteroatoms. The van der Waals surface area contributed by atoms with E-state index >= 15 is 0 Å². The Labute approximate surface area is 145 Å². The quantitative estimate of drug-likeness (QED) is 0.616. The lowest BCUT2D eigenvalue weighted by atomic mass is 10.1. The van der Waals surface area contributed by atoms with Gasteiger partial charge in [-0.15, -0.1) is 11.3 Å². The molecular formula is C16H23NO6S. The topological polar surface area (TPSA) is 90.9 Å². The van der Waals surface area contributed by atoms with E-state index in [2.05, 4.69) is 5.32 Å². The van der Waals surface area contributed by atoms with E-state index in [-0.39, 0.29) is 34.3 Å². The van der Waals surface area contributed by atoms with Gasteiger partial charge in [0.15, 0.2) is 0 Å². The summed E-state index contributed by atoms with van der Waals surface area (Å²) in [5, 5.41) is 2.68. The van der Waals surface area contributed by atoms with Crippen molar-refractivity contribution in [3.8, 4) is 0 Å². The van der Waals surface area contributed by atoms with E-state index in [0.717, 1.165) is 11.3 Å². The molecule has 0 saturated heterocycles. The summed E-state index contributed by atoms with van der Waals surface area (Å²) in [6.07, 6.45) is -1.34. The van der Waals surface area contributed by atoms with Gasteiger partial charge >= 0.3 is 18.0 Å². The number of ether oxygens (including phenoxy) is 3. The number of thiophene rings is 1. The largest absolute Gasteiger partial charge is 0.459 e. The molecule has 24 heavy (non-hydrogen) atoms. The van der Waals surface area contributed by atoms with Crippen LogP contribution in [0.25, 0.3) is 0 Å². The van der Waals surface area contributed by atoms with E-state index in [1.165, 1.54) is 0 Å². The van der Waals surface area contributed by atoms with Crippen molar-refractivity contribution < 1.29 is 28.6 Å². The molecule has 134 valence electrons. The van der Waals surface area contributed by atoms with E-state index in [1.54, 1.807) is 41.5 Å². The summed E-state index contributed by atoms with van der Waals surface area (Å²) in [7, 11) is 0. The predicted octanol–water partition coefficient (Wildman–Crippen LogP) is 3.76. The highest BCUT2D eigenvalue weighted by molar-refractivity contribution is 7.18. The summed E-state index contributed by atoms with van der Waals surface area (Å²) in [6.45, 7) is 10.3. The number of rotatable bonds is 6. The molecule has 1 N–H and O–H groups in total. The second-order valence-electron chi connectivity index (χ2n) is 5.51. The Kier molecular flexibility index (Phi) is 7.21. The van der Waals surface area contributed by atoms with Crippen molar-refractivity contribution >= 4 is 34.4 Å². The lowest BCUT2D eigenvalue weighted by Gasteiger charge is -2.10. The van der Waals surface area contributed by atoms with Crippen LogP contribution in [-0.4, -0.2) is 36.8 Å². The SMILES string of the molecule is CCOC(=O)Nc1sc(C(=O)OC(C)C)c(C)c1C(=O)OC(C)C. The third-order valence-corrected chi connectivity index (χ3v) is 3.90. The van der Waals surface area contributed by atoms with Gasteiger partial charge in [-0.25, -0.2) is 14.4 Å². The molecule has 0 aliphatic rings. The minimum Gasteiger partial charge on any atom is -0.459 e. The van der Waals surface area contributed by atoms with E-state index in [9.17, 15) is 14.4 Å². The van der Waals surface area contributed by atoms with E-state index in [0.29, 0.717) is 5.56 Å². The van der Waals surface area contributed by atoms with E-state index < -0.39 is 18.0 Å². The van der Waals surface area contributed by atoms with Crippen molar-refractivity contribution in [2.24, 2.45) is 0 Å². The summed E-state index contributed by atoms with van der Waals surface area (Å²) < 4.78 is 15.2. The maximum atomic E-state index is 12.3. The monoisotopic (exact) mass is 357 g/mol. The molecule has 0 unspecified atom stereocenters. The number of carbonyl (C=O) groups is 3. The molecule has 0 fully saturated rings. The van der Waals surface area contributed by atoms with Crippen LogP contribution >= 0.6 is 11.3 Å². The molecule has 1 heterocycles. The van der Waals surface area contributed by atoms with Gasteiger partial charge in [0.1, 0.15) is 9.88 Å². The average Bonchev–Trinajstić information content (AvgIpc) is 2.74. The zero-order valence-electron chi connectivity index (χ0n) is 14.7. The van der Waals surface area contributed by atoms with Crippen molar-refractivity contribution in [1.29, 1.82) is 0 Å². The first kappa shape index (κ1) is 20.0. The maximum Gasteiger partial charge on any atom is 0.412 e. The lowest BCUT2D eigenvalue weighted by Crippen LogP contribution is -2.17. The predicted molar refractivity (Wildman–Crippen MR) is 90.8 cm³/mol. The Morgan fingerprint density at radius 2 is 1.58 bits per heavy atom. The zero-order valence-corrected chi connectivity index (χ0v) is 15.5. The Balaban J connectivity index is 3.25. The summed E-state index contributed by atoms with van der Waals surface area (Å²) in [6, 6.07) is 0. The first-order chi connectivity index (χ1) is 11.2. The number of carbonyl (C=O) groups excluding carboxylic acids is 3. The third kappa shape index (κ3) is 5.23. The summed E-state index contributed by atoms with van der Waals surface area (Å²) in [5.41, 5.74) is 0.542. The number of hydrogen-bond donors (Lipinski definition) is 1. The van der Waals surface area contributed by atoms with Gasteiger partial charge in [0.2, 0.25) is 0 Å². The van der Waals surface area contributed by atoms with E-state index in [4.69, 9.17) is 14.2 Å². The van der Waals surface area contributed by atoms with Crippen molar-refractivity contribution in [1.82, 2.24) is 0 Å².